The molecule has 2 nitrogen and oxygen atoms in total. The maximum absolute atomic E-state index is 2.78. The molecule has 1 rings (SSSR count). The molecule has 1 fully saturated rings. The Balaban J connectivity index is 3.49. The highest BCUT2D eigenvalue weighted by Crippen LogP contribution is 2.46. The Morgan fingerprint density at radius 1 is 0.696 bits per heavy atom. The highest BCUT2D eigenvalue weighted by atomic mass is 15.3. The number of rotatable bonds is 0. The Bertz CT molecular complexity index is 416. The largest absolute Gasteiger partial charge is 0.291 e. The first-order valence-electron chi connectivity index (χ1n) is 9.42. The summed E-state index contributed by atoms with van der Waals surface area (Å²) < 4.78 is 0. The fourth-order valence-corrected chi connectivity index (χ4v) is 6.93. The van der Waals surface area contributed by atoms with E-state index in [1.807, 2.05) is 0 Å². The van der Waals surface area contributed by atoms with E-state index in [1.54, 1.807) is 0 Å². The van der Waals surface area contributed by atoms with Gasteiger partial charge in [0.25, 0.3) is 0 Å². The zero-order valence-corrected chi connectivity index (χ0v) is 18.4. The van der Waals surface area contributed by atoms with E-state index >= 15 is 0 Å². The Morgan fingerprint density at radius 3 is 1.48 bits per heavy atom. The molecule has 1 heterocycles. The minimum absolute atomic E-state index is 0.148. The normalized spacial score (nSPS) is 29.9. The van der Waals surface area contributed by atoms with E-state index in [2.05, 4.69) is 99.8 Å². The minimum Gasteiger partial charge on any atom is -0.291 e. The van der Waals surface area contributed by atoms with Crippen LogP contribution in [0.1, 0.15) is 103 Å². The molecule has 0 spiro atoms. The molecule has 1 saturated heterocycles. The van der Waals surface area contributed by atoms with Gasteiger partial charge in [-0.1, -0.05) is 0 Å². The van der Waals surface area contributed by atoms with Crippen LogP contribution < -0.4 is 0 Å². The van der Waals surface area contributed by atoms with Crippen molar-refractivity contribution in [3.8, 4) is 0 Å². The lowest BCUT2D eigenvalue weighted by Crippen LogP contribution is -2.71. The Hall–Kier alpha value is -0.0800. The molecule has 138 valence electrons. The van der Waals surface area contributed by atoms with E-state index in [9.17, 15) is 0 Å². The van der Waals surface area contributed by atoms with Crippen LogP contribution in [0.2, 0.25) is 0 Å². The first kappa shape index (κ1) is 21.0. The third kappa shape index (κ3) is 4.31. The highest BCUT2D eigenvalue weighted by Gasteiger charge is 2.52. The van der Waals surface area contributed by atoms with Crippen LogP contribution in [0, 0.1) is 0 Å². The Labute approximate surface area is 147 Å². The zero-order valence-electron chi connectivity index (χ0n) is 18.4. The summed E-state index contributed by atoms with van der Waals surface area (Å²) in [5.41, 5.74) is 0.822. The van der Waals surface area contributed by atoms with Crippen molar-refractivity contribution in [2.24, 2.45) is 0 Å². The van der Waals surface area contributed by atoms with Crippen LogP contribution in [0.15, 0.2) is 0 Å². The molecule has 0 saturated carbocycles. The summed E-state index contributed by atoms with van der Waals surface area (Å²) in [6, 6.07) is 0.556. The van der Waals surface area contributed by atoms with Crippen LogP contribution in [0.25, 0.3) is 0 Å². The standard InChI is InChI=1S/C21H44N2/c1-16-14-19(8,9)23(18(5,6)7)21(12,13)15-20(10,11)22(16)17(2,3)4/h16H,14-15H2,1-13H3. The van der Waals surface area contributed by atoms with Gasteiger partial charge >= 0.3 is 0 Å². The summed E-state index contributed by atoms with van der Waals surface area (Å²) in [5, 5.41) is 0. The van der Waals surface area contributed by atoms with E-state index in [4.69, 9.17) is 0 Å². The SMILES string of the molecule is CC1CC(C)(C)N(C(C)(C)C)C(C)(C)CC(C)(C)N1C(C)(C)C. The maximum Gasteiger partial charge on any atom is 0.0181 e. The van der Waals surface area contributed by atoms with Gasteiger partial charge in [-0.05, 0) is 103 Å². The van der Waals surface area contributed by atoms with E-state index < -0.39 is 0 Å². The molecule has 0 radical (unpaired) electrons. The van der Waals surface area contributed by atoms with E-state index in [1.165, 1.54) is 12.8 Å². The lowest BCUT2D eigenvalue weighted by molar-refractivity contribution is -0.135. The van der Waals surface area contributed by atoms with Gasteiger partial charge in [-0.25, -0.2) is 0 Å². The van der Waals surface area contributed by atoms with Crippen molar-refractivity contribution in [2.75, 3.05) is 0 Å². The fraction of sp³-hybridized carbons (Fsp3) is 1.00. The van der Waals surface area contributed by atoms with Crippen LogP contribution in [-0.2, 0) is 0 Å². The highest BCUT2D eigenvalue weighted by molar-refractivity contribution is 5.08. The van der Waals surface area contributed by atoms with Crippen molar-refractivity contribution in [3.63, 3.8) is 0 Å². The first-order chi connectivity index (χ1) is 9.82. The Morgan fingerprint density at radius 2 is 1.13 bits per heavy atom. The van der Waals surface area contributed by atoms with Crippen molar-refractivity contribution in [1.82, 2.24) is 9.80 Å². The van der Waals surface area contributed by atoms with Crippen LogP contribution >= 0.6 is 0 Å². The second-order valence-electron chi connectivity index (χ2n) is 11.7. The average Bonchev–Trinajstić information content (AvgIpc) is 2.02. The van der Waals surface area contributed by atoms with E-state index in [0.717, 1.165) is 0 Å². The smallest absolute Gasteiger partial charge is 0.0181 e. The van der Waals surface area contributed by atoms with Crippen LogP contribution in [0.5, 0.6) is 0 Å². The fourth-order valence-electron chi connectivity index (χ4n) is 6.93. The summed E-state index contributed by atoms with van der Waals surface area (Å²) in [6.07, 6.45) is 2.36. The summed E-state index contributed by atoms with van der Waals surface area (Å²) in [5.74, 6) is 0. The van der Waals surface area contributed by atoms with Crippen LogP contribution in [0.4, 0.5) is 0 Å². The quantitative estimate of drug-likeness (QED) is 0.563. The third-order valence-corrected chi connectivity index (χ3v) is 5.36. The molecule has 0 aromatic rings. The number of hydrogen-bond donors (Lipinski definition) is 0. The van der Waals surface area contributed by atoms with Gasteiger partial charge in [-0.3, -0.25) is 9.80 Å². The van der Waals surface area contributed by atoms with Gasteiger partial charge in [-0.15, -0.1) is 0 Å². The molecule has 1 aliphatic heterocycles. The molecule has 23 heavy (non-hydrogen) atoms. The molecule has 0 aromatic carbocycles. The summed E-state index contributed by atoms with van der Waals surface area (Å²) >= 11 is 0. The second kappa shape index (κ2) is 5.73. The predicted molar refractivity (Wildman–Crippen MR) is 104 cm³/mol. The van der Waals surface area contributed by atoms with E-state index in [-0.39, 0.29) is 27.7 Å². The van der Waals surface area contributed by atoms with Crippen molar-refractivity contribution in [2.45, 2.75) is 137 Å². The van der Waals surface area contributed by atoms with Crippen molar-refractivity contribution in [3.05, 3.63) is 0 Å². The van der Waals surface area contributed by atoms with Gasteiger partial charge in [0, 0.05) is 33.7 Å². The van der Waals surface area contributed by atoms with E-state index in [0.29, 0.717) is 6.04 Å². The average molecular weight is 325 g/mol. The number of hydrogen-bond acceptors (Lipinski definition) is 2. The molecular weight excluding hydrogens is 280 g/mol. The summed E-state index contributed by atoms with van der Waals surface area (Å²) in [4.78, 5) is 5.55. The van der Waals surface area contributed by atoms with Gasteiger partial charge < -0.3 is 0 Å². The molecule has 1 aliphatic rings. The summed E-state index contributed by atoms with van der Waals surface area (Å²) in [7, 11) is 0. The third-order valence-electron chi connectivity index (χ3n) is 5.36. The molecule has 0 bridgehead atoms. The van der Waals surface area contributed by atoms with Gasteiger partial charge in [-0.2, -0.15) is 0 Å². The molecular formula is C21H44N2. The topological polar surface area (TPSA) is 6.48 Å². The second-order valence-corrected chi connectivity index (χ2v) is 11.7. The van der Waals surface area contributed by atoms with Crippen LogP contribution in [0.3, 0.4) is 0 Å². The lowest BCUT2D eigenvalue weighted by atomic mass is 9.73. The van der Waals surface area contributed by atoms with Crippen molar-refractivity contribution < 1.29 is 0 Å². The number of nitrogens with zero attached hydrogens (tertiary/aromatic N) is 2. The molecule has 0 aromatic heterocycles. The lowest BCUT2D eigenvalue weighted by Gasteiger charge is -2.63. The summed E-state index contributed by atoms with van der Waals surface area (Å²) in [6.45, 7) is 31.3. The van der Waals surface area contributed by atoms with Gasteiger partial charge in [0.05, 0.1) is 0 Å². The molecule has 1 unspecified atom stereocenters. The van der Waals surface area contributed by atoms with Crippen molar-refractivity contribution in [1.29, 1.82) is 0 Å². The molecule has 0 N–H and O–H groups in total. The molecule has 1 atom stereocenters. The van der Waals surface area contributed by atoms with Gasteiger partial charge in [0.2, 0.25) is 0 Å². The molecule has 2 heteroatoms. The van der Waals surface area contributed by atoms with Crippen LogP contribution in [-0.4, -0.2) is 43.5 Å². The molecule has 0 aliphatic carbocycles. The zero-order chi connectivity index (χ0) is 18.6. The Kier molecular flexibility index (Phi) is 5.22. The minimum atomic E-state index is 0.148. The predicted octanol–water partition coefficient (Wildman–Crippen LogP) is 5.71. The molecule has 0 amide bonds. The van der Waals surface area contributed by atoms with Gasteiger partial charge in [0.15, 0.2) is 0 Å². The maximum atomic E-state index is 2.78. The first-order valence-corrected chi connectivity index (χ1v) is 9.42. The van der Waals surface area contributed by atoms with Gasteiger partial charge in [0.1, 0.15) is 0 Å². The van der Waals surface area contributed by atoms with Crippen molar-refractivity contribution >= 4 is 0 Å². The monoisotopic (exact) mass is 324 g/mol.